The molecule has 0 aliphatic carbocycles. The van der Waals surface area contributed by atoms with E-state index in [2.05, 4.69) is 25.9 Å². The summed E-state index contributed by atoms with van der Waals surface area (Å²) in [5.41, 5.74) is 3.81. The van der Waals surface area contributed by atoms with Crippen LogP contribution < -0.4 is 10.9 Å². The lowest BCUT2D eigenvalue weighted by molar-refractivity contribution is 0.0945. The Balaban J connectivity index is 1.29. The number of pyridine rings is 1. The van der Waals surface area contributed by atoms with Gasteiger partial charge in [-0.05, 0) is 45.8 Å². The lowest BCUT2D eigenvalue weighted by Crippen LogP contribution is -2.24. The molecule has 0 bridgehead atoms. The number of hydrogen-bond donors (Lipinski definition) is 1. The second-order valence-electron chi connectivity index (χ2n) is 8.81. The number of hydrogen-bond acceptors (Lipinski definition) is 7. The molecule has 12 heteroatoms. The molecule has 0 spiro atoms. The average Bonchev–Trinajstić information content (AvgIpc) is 3.61. The Hall–Kier alpha value is -4.97. The lowest BCUT2D eigenvalue weighted by Gasteiger charge is -2.10. The number of tetrazole rings is 1. The summed E-state index contributed by atoms with van der Waals surface area (Å²) in [6.07, 6.45) is 4.81. The Morgan fingerprint density at radius 3 is 2.56 bits per heavy atom. The maximum Gasteiger partial charge on any atom is 0.255 e. The summed E-state index contributed by atoms with van der Waals surface area (Å²) in [7, 11) is 1.53. The van der Waals surface area contributed by atoms with Crippen LogP contribution in [0.2, 0.25) is 0 Å². The number of rotatable bonds is 10. The summed E-state index contributed by atoms with van der Waals surface area (Å²) in [5.74, 6) is -0.810. The molecule has 1 N–H and O–H groups in total. The Labute approximate surface area is 222 Å². The topological polar surface area (TPSA) is 122 Å². The molecule has 3 heterocycles. The Morgan fingerprint density at radius 1 is 1.05 bits per heavy atom. The smallest absolute Gasteiger partial charge is 0.255 e. The highest BCUT2D eigenvalue weighted by molar-refractivity contribution is 5.95. The van der Waals surface area contributed by atoms with Gasteiger partial charge in [-0.1, -0.05) is 30.3 Å². The first-order valence-electron chi connectivity index (χ1n) is 12.1. The second-order valence-corrected chi connectivity index (χ2v) is 8.81. The van der Waals surface area contributed by atoms with Crippen molar-refractivity contribution in [1.82, 2.24) is 39.9 Å². The summed E-state index contributed by atoms with van der Waals surface area (Å²) in [5, 5.41) is 18.4. The molecule has 39 heavy (non-hydrogen) atoms. The first kappa shape index (κ1) is 25.7. The largest absolute Gasteiger partial charge is 0.378 e. The Bertz CT molecular complexity index is 1630. The van der Waals surface area contributed by atoms with E-state index >= 15 is 0 Å². The van der Waals surface area contributed by atoms with E-state index in [1.807, 2.05) is 30.3 Å². The van der Waals surface area contributed by atoms with E-state index in [-0.39, 0.29) is 24.6 Å². The molecule has 0 unspecified atom stereocenters. The van der Waals surface area contributed by atoms with Gasteiger partial charge in [0.05, 0.1) is 30.9 Å². The molecule has 11 nitrogen and oxygen atoms in total. The number of methoxy groups -OCH3 is 1. The number of carbonyl (C=O) groups is 1. The molecule has 0 saturated heterocycles. The van der Waals surface area contributed by atoms with Crippen LogP contribution in [0.5, 0.6) is 0 Å². The Kier molecular flexibility index (Phi) is 7.64. The highest BCUT2D eigenvalue weighted by atomic mass is 19.1. The van der Waals surface area contributed by atoms with E-state index in [9.17, 15) is 14.0 Å². The van der Waals surface area contributed by atoms with Gasteiger partial charge < -0.3 is 14.6 Å². The summed E-state index contributed by atoms with van der Waals surface area (Å²) >= 11 is 0. The molecule has 0 atom stereocenters. The molecule has 0 aliphatic heterocycles. The number of carbonyl (C=O) groups excluding carboxylic acids is 1. The van der Waals surface area contributed by atoms with Crippen molar-refractivity contribution in [3.8, 4) is 5.69 Å². The molecule has 0 radical (unpaired) electrons. The van der Waals surface area contributed by atoms with Gasteiger partial charge >= 0.3 is 0 Å². The molecule has 0 aliphatic rings. The maximum atomic E-state index is 13.9. The van der Waals surface area contributed by atoms with Crippen LogP contribution in [0.3, 0.4) is 0 Å². The van der Waals surface area contributed by atoms with E-state index in [0.717, 1.165) is 11.1 Å². The Morgan fingerprint density at radius 2 is 1.85 bits per heavy atom. The van der Waals surface area contributed by atoms with Gasteiger partial charge in [-0.25, -0.2) is 9.07 Å². The van der Waals surface area contributed by atoms with E-state index in [1.54, 1.807) is 33.8 Å². The van der Waals surface area contributed by atoms with Crippen molar-refractivity contribution >= 4 is 5.91 Å². The highest BCUT2D eigenvalue weighted by Gasteiger charge is 2.18. The number of halogens is 1. The predicted octanol–water partition coefficient (Wildman–Crippen LogP) is 2.33. The molecule has 198 valence electrons. The van der Waals surface area contributed by atoms with Crippen LogP contribution in [0.15, 0.2) is 84.2 Å². The second kappa shape index (κ2) is 11.6. The minimum atomic E-state index is -0.439. The van der Waals surface area contributed by atoms with Crippen molar-refractivity contribution in [2.75, 3.05) is 7.11 Å². The number of nitrogens with one attached hydrogen (secondary N) is 1. The third kappa shape index (κ3) is 6.13. The molecular formula is C27H25FN8O3. The number of nitrogens with zero attached hydrogens (tertiary/aromatic N) is 7. The maximum absolute atomic E-state index is 13.9. The number of ether oxygens (including phenoxy) is 1. The monoisotopic (exact) mass is 528 g/mol. The van der Waals surface area contributed by atoms with Crippen LogP contribution in [-0.2, 0) is 31.0 Å². The summed E-state index contributed by atoms with van der Waals surface area (Å²) in [6, 6.07) is 17.1. The molecule has 0 fully saturated rings. The first-order valence-corrected chi connectivity index (χ1v) is 12.1. The van der Waals surface area contributed by atoms with Gasteiger partial charge in [-0.2, -0.15) is 5.10 Å². The van der Waals surface area contributed by atoms with E-state index in [1.165, 1.54) is 36.3 Å². The van der Waals surface area contributed by atoms with Crippen LogP contribution in [0.1, 0.15) is 32.7 Å². The van der Waals surface area contributed by atoms with Gasteiger partial charge in [0.15, 0.2) is 0 Å². The fourth-order valence-corrected chi connectivity index (χ4v) is 4.16. The molecular weight excluding hydrogens is 503 g/mol. The van der Waals surface area contributed by atoms with Crippen molar-refractivity contribution < 1.29 is 13.9 Å². The van der Waals surface area contributed by atoms with Crippen LogP contribution in [0, 0.1) is 5.82 Å². The van der Waals surface area contributed by atoms with Crippen molar-refractivity contribution in [3.63, 3.8) is 0 Å². The SMILES string of the molecule is COCc1nn(Cc2ccc(Cn3ccccc3=O)cc2)cc1C(=O)NCc1cc(F)ccc1-n1cnnn1. The van der Waals surface area contributed by atoms with Gasteiger partial charge in [-0.15, -0.1) is 5.10 Å². The third-order valence-electron chi connectivity index (χ3n) is 6.06. The predicted molar refractivity (Wildman–Crippen MR) is 139 cm³/mol. The molecule has 5 rings (SSSR count). The molecule has 0 saturated carbocycles. The number of amides is 1. The third-order valence-corrected chi connectivity index (χ3v) is 6.06. The molecule has 5 aromatic rings. The van der Waals surface area contributed by atoms with Gasteiger partial charge in [-0.3, -0.25) is 14.3 Å². The fourth-order valence-electron chi connectivity index (χ4n) is 4.16. The standard InChI is InChI=1S/C27H25FN8O3/c1-39-17-24-23(27(38)29-13-21-12-22(28)9-10-25(21)36-18-30-32-33-36)16-35(31-24)15-20-7-5-19(6-8-20)14-34-11-3-2-4-26(34)37/h2-12,16,18H,13-15,17H2,1H3,(H,29,38). The summed E-state index contributed by atoms with van der Waals surface area (Å²) in [4.78, 5) is 25.1. The number of aromatic nitrogens is 7. The highest BCUT2D eigenvalue weighted by Crippen LogP contribution is 2.16. The zero-order valence-corrected chi connectivity index (χ0v) is 21.1. The minimum absolute atomic E-state index is 0.0509. The zero-order chi connectivity index (χ0) is 27.2. The van der Waals surface area contributed by atoms with Gasteiger partial charge in [0.1, 0.15) is 17.8 Å². The van der Waals surface area contributed by atoms with E-state index < -0.39 is 5.82 Å². The number of benzene rings is 2. The van der Waals surface area contributed by atoms with Gasteiger partial charge in [0, 0.05) is 37.7 Å². The van der Waals surface area contributed by atoms with Gasteiger partial charge in [0.2, 0.25) is 0 Å². The van der Waals surface area contributed by atoms with Crippen LogP contribution in [-0.4, -0.2) is 47.6 Å². The zero-order valence-electron chi connectivity index (χ0n) is 21.1. The summed E-state index contributed by atoms with van der Waals surface area (Å²) < 4.78 is 23.9. The molecule has 3 aromatic heterocycles. The van der Waals surface area contributed by atoms with Crippen molar-refractivity contribution in [2.24, 2.45) is 0 Å². The van der Waals surface area contributed by atoms with Crippen LogP contribution >= 0.6 is 0 Å². The average molecular weight is 529 g/mol. The summed E-state index contributed by atoms with van der Waals surface area (Å²) in [6.45, 7) is 1.11. The van der Waals surface area contributed by atoms with Crippen LogP contribution in [0.25, 0.3) is 5.69 Å². The van der Waals surface area contributed by atoms with E-state index in [0.29, 0.717) is 35.6 Å². The van der Waals surface area contributed by atoms with Crippen molar-refractivity contribution in [2.45, 2.75) is 26.2 Å². The first-order chi connectivity index (χ1) is 19.0. The minimum Gasteiger partial charge on any atom is -0.378 e. The normalized spacial score (nSPS) is 11.0. The van der Waals surface area contributed by atoms with E-state index in [4.69, 9.17) is 4.74 Å². The molecule has 2 aromatic carbocycles. The van der Waals surface area contributed by atoms with Crippen molar-refractivity contribution in [3.05, 3.63) is 124 Å². The fraction of sp³-hybridized carbons (Fsp3) is 0.185. The van der Waals surface area contributed by atoms with Crippen LogP contribution in [0.4, 0.5) is 4.39 Å². The van der Waals surface area contributed by atoms with Gasteiger partial charge in [0.25, 0.3) is 11.5 Å². The quantitative estimate of drug-likeness (QED) is 0.295. The molecule has 1 amide bonds. The van der Waals surface area contributed by atoms with Crippen molar-refractivity contribution in [1.29, 1.82) is 0 Å². The lowest BCUT2D eigenvalue weighted by atomic mass is 10.1.